The van der Waals surface area contributed by atoms with Crippen molar-refractivity contribution >= 4 is 28.0 Å². The second-order valence-corrected chi connectivity index (χ2v) is 14.8. The molecule has 65 heavy (non-hydrogen) atoms. The van der Waals surface area contributed by atoms with Gasteiger partial charge in [0.15, 0.2) is 69.8 Å². The summed E-state index contributed by atoms with van der Waals surface area (Å²) in [6.07, 6.45) is 0.481. The summed E-state index contributed by atoms with van der Waals surface area (Å²) in [6.45, 7) is 12.8. The van der Waals surface area contributed by atoms with Gasteiger partial charge in [-0.3, -0.25) is 0 Å². The Morgan fingerprint density at radius 1 is 0.308 bits per heavy atom. The van der Waals surface area contributed by atoms with E-state index in [1.165, 1.54) is 58.2 Å². The molecule has 0 unspecified atom stereocenters. The number of hydrogen-bond donors (Lipinski definition) is 1. The molecule has 1 nitrogen and oxygen atoms in total. The summed E-state index contributed by atoms with van der Waals surface area (Å²) in [5.41, 5.74) is -9.67. The van der Waals surface area contributed by atoms with E-state index in [9.17, 15) is 52.7 Å². The molecule has 5 aromatic carbocycles. The van der Waals surface area contributed by atoms with Gasteiger partial charge in [-0.25, -0.2) is 87.8 Å². The maximum absolute atomic E-state index is 15.4. The lowest BCUT2D eigenvalue weighted by Gasteiger charge is -2.44. The molecule has 0 aliphatic rings. The third-order valence-corrected chi connectivity index (χ3v) is 10.9. The van der Waals surface area contributed by atoms with Gasteiger partial charge < -0.3 is 4.90 Å². The molecule has 0 amide bonds. The predicted molar refractivity (Wildman–Crippen MR) is 199 cm³/mol. The van der Waals surface area contributed by atoms with Gasteiger partial charge in [0, 0.05) is 5.56 Å². The standard InChI is InChI=1S/C24BF20.C19H33N/c26-5-1(6(27)14(35)21(42)13(5)34)25(2-7(28)15(36)22(43)16(37)8(2)29,3-9(30)17(38)23(44)18(39)10(3)31)4-11(32)19(40)24(45)20(41)12(4)33;1-5-9-11-17-13-18(12-10-6-2)15-19(14-17)16-20(7-3)8-4/h;13-15H,5-12,16H2,1-4H3/q-1;/p+1. The van der Waals surface area contributed by atoms with E-state index in [0.29, 0.717) is 0 Å². The second kappa shape index (κ2) is 20.9. The zero-order chi connectivity index (χ0) is 49.2. The SMILES string of the molecule is CCCCc1cc(CCCC)cc(C[NH+](CC)CC)c1.Fc1c(F)c(F)c([B-](c2c(F)c(F)c(F)c(F)c2F)(c2c(F)c(F)c(F)c(F)c2F)c2c(F)c(F)c(F)c(F)c2F)c(F)c1F. The van der Waals surface area contributed by atoms with Crippen LogP contribution >= 0.6 is 0 Å². The smallest absolute Gasteiger partial charge is 0.200 e. The molecule has 0 aliphatic heterocycles. The average molecular weight is 956 g/mol. The molecule has 0 fully saturated rings. The highest BCUT2D eigenvalue weighted by Gasteiger charge is 2.52. The van der Waals surface area contributed by atoms with Crippen LogP contribution in [-0.4, -0.2) is 19.2 Å². The van der Waals surface area contributed by atoms with E-state index in [-0.39, 0.29) is 0 Å². The number of quaternary nitrogens is 1. The number of unbranched alkanes of at least 4 members (excludes halogenated alkanes) is 2. The lowest BCUT2D eigenvalue weighted by molar-refractivity contribution is -0.910. The molecule has 0 heterocycles. The van der Waals surface area contributed by atoms with Gasteiger partial charge in [-0.15, -0.1) is 21.9 Å². The molecule has 0 bridgehead atoms. The number of benzene rings is 5. The molecule has 0 spiro atoms. The van der Waals surface area contributed by atoms with E-state index in [4.69, 9.17) is 0 Å². The van der Waals surface area contributed by atoms with Gasteiger partial charge in [0.2, 0.25) is 0 Å². The van der Waals surface area contributed by atoms with Crippen molar-refractivity contribution in [2.24, 2.45) is 0 Å². The molecule has 354 valence electrons. The van der Waals surface area contributed by atoms with E-state index in [2.05, 4.69) is 45.9 Å². The van der Waals surface area contributed by atoms with Crippen molar-refractivity contribution < 1.29 is 92.7 Å². The number of nitrogens with one attached hydrogen (secondary N) is 1. The summed E-state index contributed by atoms with van der Waals surface area (Å²) in [6, 6.07) is 7.36. The minimum absolute atomic E-state index is 1.19. The van der Waals surface area contributed by atoms with Gasteiger partial charge in [0.1, 0.15) is 59.2 Å². The number of aryl methyl sites for hydroxylation is 2. The monoisotopic (exact) mass is 955 g/mol. The number of halogens is 20. The Hall–Kier alpha value is -5.28. The highest BCUT2D eigenvalue weighted by Crippen LogP contribution is 2.31. The Morgan fingerprint density at radius 2 is 0.508 bits per heavy atom. The maximum Gasteiger partial charge on any atom is 0.200 e. The fraction of sp³-hybridized carbons (Fsp3) is 0.302. The zero-order valence-electron chi connectivity index (χ0n) is 34.2. The summed E-state index contributed by atoms with van der Waals surface area (Å²) in [5, 5.41) is 0. The Bertz CT molecular complexity index is 2190. The third kappa shape index (κ3) is 9.28. The molecule has 0 saturated heterocycles. The summed E-state index contributed by atoms with van der Waals surface area (Å²) < 4.78 is 294. The summed E-state index contributed by atoms with van der Waals surface area (Å²) in [5.74, 6) is -71.4. The van der Waals surface area contributed by atoms with Crippen molar-refractivity contribution in [3.63, 3.8) is 0 Å². The first kappa shape index (κ1) is 52.4. The molecule has 1 N–H and O–H groups in total. The lowest BCUT2D eigenvalue weighted by Crippen LogP contribution is -3.10. The summed E-state index contributed by atoms with van der Waals surface area (Å²) in [4.78, 5) is 1.68. The van der Waals surface area contributed by atoms with Crippen molar-refractivity contribution in [3.8, 4) is 0 Å². The van der Waals surface area contributed by atoms with Crippen LogP contribution in [0.5, 0.6) is 0 Å². The molecule has 0 aromatic heterocycles. The van der Waals surface area contributed by atoms with Crippen LogP contribution in [0.3, 0.4) is 0 Å². The van der Waals surface area contributed by atoms with Gasteiger partial charge in [0.25, 0.3) is 0 Å². The quantitative estimate of drug-likeness (QED) is 0.0490. The fourth-order valence-corrected chi connectivity index (χ4v) is 7.65. The van der Waals surface area contributed by atoms with Crippen molar-refractivity contribution in [1.29, 1.82) is 0 Å². The predicted octanol–water partition coefficient (Wildman–Crippen LogP) is 9.64. The highest BCUT2D eigenvalue weighted by molar-refractivity contribution is 7.20. The molecular weight excluding hydrogens is 921 g/mol. The van der Waals surface area contributed by atoms with Crippen LogP contribution in [0, 0.1) is 116 Å². The van der Waals surface area contributed by atoms with Crippen molar-refractivity contribution in [2.45, 2.75) is 72.8 Å². The number of hydrogen-bond acceptors (Lipinski definition) is 0. The van der Waals surface area contributed by atoms with Gasteiger partial charge in [0.05, 0.1) is 13.1 Å². The largest absolute Gasteiger partial charge is 0.332 e. The van der Waals surface area contributed by atoms with Gasteiger partial charge >= 0.3 is 0 Å². The molecule has 22 heteroatoms. The first-order chi connectivity index (χ1) is 30.4. The van der Waals surface area contributed by atoms with Crippen LogP contribution in [0.15, 0.2) is 18.2 Å². The zero-order valence-corrected chi connectivity index (χ0v) is 34.2. The van der Waals surface area contributed by atoms with E-state index < -0.39 is 144 Å². The molecule has 0 atom stereocenters. The molecule has 5 rings (SSSR count). The first-order valence-corrected chi connectivity index (χ1v) is 19.6. The topological polar surface area (TPSA) is 4.44 Å². The Balaban J connectivity index is 0.000000387. The van der Waals surface area contributed by atoms with E-state index in [1.807, 2.05) is 0 Å². The van der Waals surface area contributed by atoms with Crippen molar-refractivity contribution in [2.75, 3.05) is 13.1 Å². The van der Waals surface area contributed by atoms with Crippen LogP contribution in [0.25, 0.3) is 0 Å². The molecule has 0 aliphatic carbocycles. The molecule has 5 aromatic rings. The maximum atomic E-state index is 15.4. The Labute approximate surface area is 357 Å². The van der Waals surface area contributed by atoms with Gasteiger partial charge in [-0.1, -0.05) is 44.9 Å². The molecular formula is C43H34BF20N. The van der Waals surface area contributed by atoms with Crippen LogP contribution in [-0.2, 0) is 19.4 Å². The second-order valence-electron chi connectivity index (χ2n) is 14.8. The minimum atomic E-state index is -7.22. The average Bonchev–Trinajstić information content (AvgIpc) is 3.29. The molecule has 0 radical (unpaired) electrons. The van der Waals surface area contributed by atoms with Crippen molar-refractivity contribution in [1.82, 2.24) is 0 Å². The Morgan fingerprint density at radius 3 is 0.708 bits per heavy atom. The van der Waals surface area contributed by atoms with Crippen LogP contribution in [0.1, 0.15) is 70.1 Å². The minimum Gasteiger partial charge on any atom is -0.332 e. The van der Waals surface area contributed by atoms with E-state index in [1.54, 1.807) is 21.6 Å². The van der Waals surface area contributed by atoms with E-state index >= 15 is 35.1 Å². The van der Waals surface area contributed by atoms with Crippen LogP contribution in [0.4, 0.5) is 87.8 Å². The van der Waals surface area contributed by atoms with Crippen molar-refractivity contribution in [3.05, 3.63) is 151 Å². The summed E-state index contributed by atoms with van der Waals surface area (Å²) >= 11 is 0. The molecule has 0 saturated carbocycles. The van der Waals surface area contributed by atoms with Gasteiger partial charge in [-0.2, -0.15) is 0 Å². The third-order valence-electron chi connectivity index (χ3n) is 10.9. The van der Waals surface area contributed by atoms with E-state index in [0.717, 1.165) is 0 Å². The van der Waals surface area contributed by atoms with Gasteiger partial charge in [-0.05, 0) is 50.7 Å². The summed E-state index contributed by atoms with van der Waals surface area (Å²) in [7, 11) is 0. The van der Waals surface area contributed by atoms with Crippen LogP contribution < -0.4 is 26.8 Å². The first-order valence-electron chi connectivity index (χ1n) is 19.6. The highest BCUT2D eigenvalue weighted by atomic mass is 19.2. The normalized spacial score (nSPS) is 11.8. The fourth-order valence-electron chi connectivity index (χ4n) is 7.65. The number of rotatable bonds is 14. The Kier molecular flexibility index (Phi) is 16.8. The van der Waals surface area contributed by atoms with Crippen LogP contribution in [0.2, 0.25) is 0 Å². The lowest BCUT2D eigenvalue weighted by atomic mass is 9.12.